The smallest absolute Gasteiger partial charge is 0.310 e. The Balaban J connectivity index is 1.83. The molecular formula is C18H18FNO3. The summed E-state index contributed by atoms with van der Waals surface area (Å²) in [6.45, 7) is 3.52. The quantitative estimate of drug-likeness (QED) is 0.862. The average Bonchev–Trinajstić information content (AvgIpc) is 2.51. The van der Waals surface area contributed by atoms with E-state index in [1.54, 1.807) is 18.2 Å². The van der Waals surface area contributed by atoms with Gasteiger partial charge in [0.05, 0.1) is 6.42 Å². The molecule has 0 aromatic heterocycles. The zero-order valence-electron chi connectivity index (χ0n) is 13.1. The fourth-order valence-corrected chi connectivity index (χ4v) is 2.01. The molecule has 0 atom stereocenters. The molecule has 1 amide bonds. The van der Waals surface area contributed by atoms with Crippen LogP contribution >= 0.6 is 0 Å². The van der Waals surface area contributed by atoms with E-state index in [1.165, 1.54) is 12.1 Å². The number of ether oxygens (including phenoxy) is 1. The van der Waals surface area contributed by atoms with E-state index < -0.39 is 24.3 Å². The standard InChI is InChI=1S/C18H18FNO3/c1-12-7-8-15(9-13(12)2)20-17(21)11-23-18(22)10-14-5-3-4-6-16(14)19/h3-9H,10-11H2,1-2H3,(H,20,21). The van der Waals surface area contributed by atoms with Gasteiger partial charge in [-0.25, -0.2) is 4.39 Å². The summed E-state index contributed by atoms with van der Waals surface area (Å²) in [5.41, 5.74) is 3.06. The number of esters is 1. The van der Waals surface area contributed by atoms with Crippen LogP contribution in [-0.4, -0.2) is 18.5 Å². The molecule has 0 aliphatic rings. The third-order valence-corrected chi connectivity index (χ3v) is 3.45. The summed E-state index contributed by atoms with van der Waals surface area (Å²) < 4.78 is 18.3. The largest absolute Gasteiger partial charge is 0.455 e. The minimum Gasteiger partial charge on any atom is -0.455 e. The van der Waals surface area contributed by atoms with Gasteiger partial charge in [-0.15, -0.1) is 0 Å². The normalized spacial score (nSPS) is 10.2. The molecule has 0 saturated carbocycles. The Bertz CT molecular complexity index is 728. The van der Waals surface area contributed by atoms with Crippen LogP contribution in [0, 0.1) is 19.7 Å². The van der Waals surface area contributed by atoms with Crippen LogP contribution in [0.2, 0.25) is 0 Å². The van der Waals surface area contributed by atoms with Crippen LogP contribution < -0.4 is 5.32 Å². The number of carbonyl (C=O) groups excluding carboxylic acids is 2. The van der Waals surface area contributed by atoms with E-state index in [4.69, 9.17) is 4.74 Å². The van der Waals surface area contributed by atoms with Gasteiger partial charge in [-0.3, -0.25) is 9.59 Å². The summed E-state index contributed by atoms with van der Waals surface area (Å²) in [6, 6.07) is 11.5. The third kappa shape index (κ3) is 4.92. The maximum absolute atomic E-state index is 13.4. The molecule has 0 aliphatic carbocycles. The minimum absolute atomic E-state index is 0.205. The van der Waals surface area contributed by atoms with Gasteiger partial charge in [0.25, 0.3) is 5.91 Å². The van der Waals surface area contributed by atoms with Crippen molar-refractivity contribution in [3.63, 3.8) is 0 Å². The highest BCUT2D eigenvalue weighted by Gasteiger charge is 2.11. The first-order valence-electron chi connectivity index (χ1n) is 7.22. The van der Waals surface area contributed by atoms with Gasteiger partial charge in [0.15, 0.2) is 6.61 Å². The van der Waals surface area contributed by atoms with E-state index in [-0.39, 0.29) is 12.0 Å². The summed E-state index contributed by atoms with van der Waals surface area (Å²) in [7, 11) is 0. The molecule has 4 nitrogen and oxygen atoms in total. The molecule has 2 aromatic carbocycles. The van der Waals surface area contributed by atoms with Crippen molar-refractivity contribution in [2.75, 3.05) is 11.9 Å². The summed E-state index contributed by atoms with van der Waals surface area (Å²) in [6.07, 6.45) is -0.205. The molecule has 0 heterocycles. The molecule has 5 heteroatoms. The van der Waals surface area contributed by atoms with Gasteiger partial charge in [0.1, 0.15) is 5.82 Å². The molecule has 0 bridgehead atoms. The lowest BCUT2D eigenvalue weighted by molar-refractivity contribution is -0.146. The van der Waals surface area contributed by atoms with Crippen molar-refractivity contribution in [3.8, 4) is 0 Å². The van der Waals surface area contributed by atoms with E-state index in [9.17, 15) is 14.0 Å². The summed E-state index contributed by atoms with van der Waals surface area (Å²) in [4.78, 5) is 23.4. The van der Waals surface area contributed by atoms with Gasteiger partial charge in [-0.05, 0) is 48.7 Å². The Kier molecular flexibility index (Phi) is 5.46. The molecule has 120 valence electrons. The molecular weight excluding hydrogens is 297 g/mol. The predicted molar refractivity (Wildman–Crippen MR) is 85.6 cm³/mol. The topological polar surface area (TPSA) is 55.4 Å². The molecule has 0 spiro atoms. The van der Waals surface area contributed by atoms with Gasteiger partial charge in [-0.2, -0.15) is 0 Å². The monoisotopic (exact) mass is 315 g/mol. The van der Waals surface area contributed by atoms with Crippen molar-refractivity contribution in [2.45, 2.75) is 20.3 Å². The first-order valence-corrected chi connectivity index (χ1v) is 7.22. The Hall–Kier alpha value is -2.69. The zero-order chi connectivity index (χ0) is 16.8. The molecule has 1 N–H and O–H groups in total. The van der Waals surface area contributed by atoms with Crippen LogP contribution in [0.25, 0.3) is 0 Å². The number of anilines is 1. The number of rotatable bonds is 5. The van der Waals surface area contributed by atoms with Crippen LogP contribution in [-0.2, 0) is 20.7 Å². The maximum Gasteiger partial charge on any atom is 0.310 e. The first kappa shape index (κ1) is 16.7. The van der Waals surface area contributed by atoms with Crippen LogP contribution in [0.15, 0.2) is 42.5 Å². The maximum atomic E-state index is 13.4. The summed E-state index contributed by atoms with van der Waals surface area (Å²) in [5, 5.41) is 2.65. The second kappa shape index (κ2) is 7.54. The van der Waals surface area contributed by atoms with E-state index in [0.717, 1.165) is 11.1 Å². The van der Waals surface area contributed by atoms with Crippen molar-refractivity contribution in [2.24, 2.45) is 0 Å². The van der Waals surface area contributed by atoms with Crippen molar-refractivity contribution < 1.29 is 18.7 Å². The van der Waals surface area contributed by atoms with Gasteiger partial charge < -0.3 is 10.1 Å². The lowest BCUT2D eigenvalue weighted by Crippen LogP contribution is -2.21. The number of benzene rings is 2. The lowest BCUT2D eigenvalue weighted by Gasteiger charge is -2.08. The van der Waals surface area contributed by atoms with Crippen LogP contribution in [0.4, 0.5) is 10.1 Å². The fraction of sp³-hybridized carbons (Fsp3) is 0.222. The van der Waals surface area contributed by atoms with Crippen LogP contribution in [0.3, 0.4) is 0 Å². The Labute approximate surface area is 134 Å². The van der Waals surface area contributed by atoms with Gasteiger partial charge >= 0.3 is 5.97 Å². The molecule has 0 unspecified atom stereocenters. The van der Waals surface area contributed by atoms with Crippen molar-refractivity contribution in [1.29, 1.82) is 0 Å². The Morgan fingerprint density at radius 2 is 1.83 bits per heavy atom. The Morgan fingerprint density at radius 1 is 1.09 bits per heavy atom. The number of hydrogen-bond donors (Lipinski definition) is 1. The predicted octanol–water partition coefficient (Wildman–Crippen LogP) is 3.17. The average molecular weight is 315 g/mol. The SMILES string of the molecule is Cc1ccc(NC(=O)COC(=O)Cc2ccccc2F)cc1C. The van der Waals surface area contributed by atoms with E-state index in [0.29, 0.717) is 5.69 Å². The van der Waals surface area contributed by atoms with Crippen molar-refractivity contribution in [3.05, 3.63) is 65.0 Å². The van der Waals surface area contributed by atoms with Crippen molar-refractivity contribution >= 4 is 17.6 Å². The first-order chi connectivity index (χ1) is 11.0. The van der Waals surface area contributed by atoms with Gasteiger partial charge in [0, 0.05) is 5.69 Å². The van der Waals surface area contributed by atoms with Crippen LogP contribution in [0.1, 0.15) is 16.7 Å². The lowest BCUT2D eigenvalue weighted by atomic mass is 10.1. The second-order valence-corrected chi connectivity index (χ2v) is 5.28. The number of hydrogen-bond acceptors (Lipinski definition) is 3. The number of aryl methyl sites for hydroxylation is 2. The molecule has 0 aliphatic heterocycles. The van der Waals surface area contributed by atoms with E-state index in [1.807, 2.05) is 26.0 Å². The number of halogens is 1. The van der Waals surface area contributed by atoms with E-state index in [2.05, 4.69) is 5.32 Å². The highest BCUT2D eigenvalue weighted by atomic mass is 19.1. The van der Waals surface area contributed by atoms with Crippen LogP contribution in [0.5, 0.6) is 0 Å². The number of carbonyl (C=O) groups is 2. The molecule has 0 saturated heterocycles. The van der Waals surface area contributed by atoms with Gasteiger partial charge in [-0.1, -0.05) is 24.3 Å². The second-order valence-electron chi connectivity index (χ2n) is 5.28. The highest BCUT2D eigenvalue weighted by Crippen LogP contribution is 2.14. The molecule has 0 fully saturated rings. The minimum atomic E-state index is -0.648. The number of nitrogens with one attached hydrogen (secondary N) is 1. The third-order valence-electron chi connectivity index (χ3n) is 3.45. The highest BCUT2D eigenvalue weighted by molar-refractivity contribution is 5.93. The summed E-state index contributed by atoms with van der Waals surface area (Å²) in [5.74, 6) is -1.55. The zero-order valence-corrected chi connectivity index (χ0v) is 13.1. The van der Waals surface area contributed by atoms with Gasteiger partial charge in [0.2, 0.25) is 0 Å². The molecule has 0 radical (unpaired) electrons. The summed E-state index contributed by atoms with van der Waals surface area (Å²) >= 11 is 0. The molecule has 23 heavy (non-hydrogen) atoms. The molecule has 2 aromatic rings. The van der Waals surface area contributed by atoms with Crippen molar-refractivity contribution in [1.82, 2.24) is 0 Å². The van der Waals surface area contributed by atoms with E-state index >= 15 is 0 Å². The Morgan fingerprint density at radius 3 is 2.52 bits per heavy atom. The fourth-order valence-electron chi connectivity index (χ4n) is 2.01. The molecule has 2 rings (SSSR count). The number of amides is 1.